The van der Waals surface area contributed by atoms with Gasteiger partial charge in [-0.25, -0.2) is 8.42 Å². The molecule has 9 nitrogen and oxygen atoms in total. The lowest BCUT2D eigenvalue weighted by atomic mass is 10.0. The number of nitrogens with zero attached hydrogens (tertiary/aromatic N) is 2. The van der Waals surface area contributed by atoms with E-state index in [1.807, 2.05) is 13.8 Å². The van der Waals surface area contributed by atoms with Crippen molar-refractivity contribution in [2.24, 2.45) is 11.8 Å². The largest absolute Gasteiger partial charge is 0.488 e. The Balaban J connectivity index is 1.64. The zero-order valence-corrected chi connectivity index (χ0v) is 23.2. The second kappa shape index (κ2) is 11.4. The van der Waals surface area contributed by atoms with E-state index in [1.165, 1.54) is 11.4 Å². The summed E-state index contributed by atoms with van der Waals surface area (Å²) in [4.78, 5) is 27.5. The average Bonchev–Trinajstić information content (AvgIpc) is 3.72. The lowest BCUT2D eigenvalue weighted by Crippen LogP contribution is -2.48. The van der Waals surface area contributed by atoms with Crippen LogP contribution in [-0.2, 0) is 26.0 Å². The summed E-state index contributed by atoms with van der Waals surface area (Å²) in [5.41, 5.74) is 2.15. The number of sulfonamides is 1. The summed E-state index contributed by atoms with van der Waals surface area (Å²) in [5, 5.41) is 12.7. The van der Waals surface area contributed by atoms with Crippen LogP contribution in [0.15, 0.2) is 47.4 Å². The Labute approximate surface area is 224 Å². The Kier molecular flexibility index (Phi) is 8.44. The van der Waals surface area contributed by atoms with E-state index in [9.17, 15) is 23.1 Å². The molecule has 0 aromatic heterocycles. The Morgan fingerprint density at radius 1 is 1.21 bits per heavy atom. The number of amides is 2. The SMILES string of the molecule is Cc1ccc(S(=O)(=O)N(C)C[C@H]2Oc3ccc(NC(=O)C4CC4)cc3CC(=O)N([C@H](C)CO)C[C@H]2C)cc1. The summed E-state index contributed by atoms with van der Waals surface area (Å²) in [7, 11) is -2.25. The molecular formula is C28H37N3O6S. The fourth-order valence-electron chi connectivity index (χ4n) is 4.56. The van der Waals surface area contributed by atoms with Crippen LogP contribution in [-0.4, -0.2) is 73.4 Å². The number of ether oxygens (including phenoxy) is 1. The number of carbonyl (C=O) groups is 2. The Morgan fingerprint density at radius 2 is 1.89 bits per heavy atom. The lowest BCUT2D eigenvalue weighted by molar-refractivity contribution is -0.134. The third kappa shape index (κ3) is 6.36. The van der Waals surface area contributed by atoms with Crippen LogP contribution < -0.4 is 10.1 Å². The van der Waals surface area contributed by atoms with E-state index in [1.54, 1.807) is 54.3 Å². The van der Waals surface area contributed by atoms with E-state index >= 15 is 0 Å². The summed E-state index contributed by atoms with van der Waals surface area (Å²) < 4.78 is 34.3. The highest BCUT2D eigenvalue weighted by molar-refractivity contribution is 7.89. The monoisotopic (exact) mass is 543 g/mol. The lowest BCUT2D eigenvalue weighted by Gasteiger charge is -2.33. The van der Waals surface area contributed by atoms with Crippen molar-refractivity contribution < 1.29 is 27.9 Å². The predicted molar refractivity (Wildman–Crippen MR) is 144 cm³/mol. The third-order valence-corrected chi connectivity index (χ3v) is 9.14. The first kappa shape index (κ1) is 28.1. The first-order valence-electron chi connectivity index (χ1n) is 13.0. The molecule has 1 aliphatic carbocycles. The number of nitrogens with one attached hydrogen (secondary N) is 1. The number of likely N-dealkylation sites (N-methyl/N-ethyl adjacent to an activating group) is 1. The number of benzene rings is 2. The third-order valence-electron chi connectivity index (χ3n) is 7.30. The van der Waals surface area contributed by atoms with E-state index in [2.05, 4.69) is 5.32 Å². The second-order valence-electron chi connectivity index (χ2n) is 10.6. The standard InChI is InChI=1S/C28H37N3O6S/c1-18-5-10-24(11-6-18)38(35,36)30(4)16-26-19(2)15-31(20(3)17-32)27(33)14-22-13-23(9-12-25(22)37-26)29-28(34)21-7-8-21/h5-6,9-13,19-21,26,32H,7-8,14-17H2,1-4H3,(H,29,34)/t19-,20-,26-/m1/s1. The molecule has 0 saturated heterocycles. The second-order valence-corrected chi connectivity index (χ2v) is 12.6. The molecule has 3 atom stereocenters. The van der Waals surface area contributed by atoms with E-state index in [4.69, 9.17) is 4.74 Å². The predicted octanol–water partition coefficient (Wildman–Crippen LogP) is 2.81. The van der Waals surface area contributed by atoms with Crippen LogP contribution in [0.4, 0.5) is 5.69 Å². The average molecular weight is 544 g/mol. The van der Waals surface area contributed by atoms with Gasteiger partial charge in [-0.05, 0) is 57.0 Å². The van der Waals surface area contributed by atoms with E-state index < -0.39 is 22.2 Å². The minimum Gasteiger partial charge on any atom is -0.488 e. The Morgan fingerprint density at radius 3 is 2.53 bits per heavy atom. The highest BCUT2D eigenvalue weighted by Crippen LogP contribution is 2.33. The highest BCUT2D eigenvalue weighted by Gasteiger charge is 2.34. The number of hydrogen-bond acceptors (Lipinski definition) is 6. The fourth-order valence-corrected chi connectivity index (χ4v) is 5.74. The summed E-state index contributed by atoms with van der Waals surface area (Å²) in [6.07, 6.45) is 1.21. The summed E-state index contributed by atoms with van der Waals surface area (Å²) >= 11 is 0. The maximum Gasteiger partial charge on any atom is 0.242 e. The topological polar surface area (TPSA) is 116 Å². The van der Waals surface area contributed by atoms with Gasteiger partial charge in [0.1, 0.15) is 11.9 Å². The fraction of sp³-hybridized carbons (Fsp3) is 0.500. The van der Waals surface area contributed by atoms with Crippen molar-refractivity contribution in [3.8, 4) is 5.75 Å². The number of aryl methyl sites for hydroxylation is 1. The van der Waals surface area contributed by atoms with Crippen molar-refractivity contribution >= 4 is 27.5 Å². The molecule has 1 heterocycles. The maximum absolute atomic E-state index is 13.3. The van der Waals surface area contributed by atoms with Crippen LogP contribution in [0.1, 0.15) is 37.8 Å². The van der Waals surface area contributed by atoms with Crippen molar-refractivity contribution in [3.05, 3.63) is 53.6 Å². The van der Waals surface area contributed by atoms with E-state index in [-0.39, 0.29) is 48.1 Å². The van der Waals surface area contributed by atoms with Gasteiger partial charge in [0.2, 0.25) is 21.8 Å². The molecular weight excluding hydrogens is 506 g/mol. The highest BCUT2D eigenvalue weighted by atomic mass is 32.2. The molecule has 1 fully saturated rings. The van der Waals surface area contributed by atoms with Gasteiger partial charge in [-0.15, -0.1) is 0 Å². The molecule has 2 N–H and O–H groups in total. The van der Waals surface area contributed by atoms with Crippen LogP contribution in [0.2, 0.25) is 0 Å². The molecule has 2 aromatic rings. The van der Waals surface area contributed by atoms with Gasteiger partial charge in [-0.1, -0.05) is 24.6 Å². The van der Waals surface area contributed by atoms with Crippen molar-refractivity contribution in [3.63, 3.8) is 0 Å². The molecule has 1 aliphatic heterocycles. The molecule has 206 valence electrons. The van der Waals surface area contributed by atoms with Gasteiger partial charge in [0.15, 0.2) is 0 Å². The van der Waals surface area contributed by atoms with Crippen molar-refractivity contribution in [1.82, 2.24) is 9.21 Å². The molecule has 2 aromatic carbocycles. The molecule has 10 heteroatoms. The normalized spacial score (nSPS) is 21.1. The number of fused-ring (bicyclic) bond motifs is 1. The Hall–Kier alpha value is -2.95. The number of hydrogen-bond donors (Lipinski definition) is 2. The number of rotatable bonds is 8. The van der Waals surface area contributed by atoms with Gasteiger partial charge < -0.3 is 20.1 Å². The number of carbonyl (C=O) groups excluding carboxylic acids is 2. The Bertz CT molecular complexity index is 1280. The van der Waals surface area contributed by atoms with Crippen LogP contribution in [0.5, 0.6) is 5.75 Å². The first-order valence-corrected chi connectivity index (χ1v) is 14.5. The van der Waals surface area contributed by atoms with E-state index in [0.717, 1.165) is 18.4 Å². The van der Waals surface area contributed by atoms with Gasteiger partial charge in [-0.2, -0.15) is 4.31 Å². The molecule has 2 aliphatic rings. The molecule has 38 heavy (non-hydrogen) atoms. The number of anilines is 1. The van der Waals surface area contributed by atoms with Gasteiger partial charge in [0.25, 0.3) is 0 Å². The molecule has 4 rings (SSSR count). The minimum absolute atomic E-state index is 0.0315. The molecule has 2 amide bonds. The summed E-state index contributed by atoms with van der Waals surface area (Å²) in [6, 6.07) is 11.5. The van der Waals surface area contributed by atoms with Crippen molar-refractivity contribution in [2.75, 3.05) is 32.1 Å². The zero-order valence-electron chi connectivity index (χ0n) is 22.4. The van der Waals surface area contributed by atoms with Crippen LogP contribution in [0, 0.1) is 18.8 Å². The van der Waals surface area contributed by atoms with Crippen LogP contribution >= 0.6 is 0 Å². The molecule has 0 spiro atoms. The minimum atomic E-state index is -3.77. The van der Waals surface area contributed by atoms with Crippen molar-refractivity contribution in [1.29, 1.82) is 0 Å². The first-order chi connectivity index (χ1) is 18.0. The van der Waals surface area contributed by atoms with Gasteiger partial charge in [0.05, 0.1) is 30.5 Å². The van der Waals surface area contributed by atoms with Gasteiger partial charge >= 0.3 is 0 Å². The van der Waals surface area contributed by atoms with Crippen LogP contribution in [0.25, 0.3) is 0 Å². The van der Waals surface area contributed by atoms with E-state index in [0.29, 0.717) is 23.5 Å². The van der Waals surface area contributed by atoms with Gasteiger partial charge in [0, 0.05) is 36.7 Å². The summed E-state index contributed by atoms with van der Waals surface area (Å²) in [5.74, 6) is 0.0544. The van der Waals surface area contributed by atoms with Gasteiger partial charge in [-0.3, -0.25) is 9.59 Å². The zero-order chi connectivity index (χ0) is 27.6. The molecule has 0 radical (unpaired) electrons. The quantitative estimate of drug-likeness (QED) is 0.529. The van der Waals surface area contributed by atoms with Crippen LogP contribution in [0.3, 0.4) is 0 Å². The van der Waals surface area contributed by atoms with Crippen molar-refractivity contribution in [2.45, 2.75) is 57.1 Å². The molecule has 1 saturated carbocycles. The molecule has 0 unspecified atom stereocenters. The number of aliphatic hydroxyl groups excluding tert-OH is 1. The smallest absolute Gasteiger partial charge is 0.242 e. The maximum atomic E-state index is 13.3. The number of aliphatic hydroxyl groups is 1. The molecule has 0 bridgehead atoms. The summed E-state index contributed by atoms with van der Waals surface area (Å²) in [6.45, 7) is 5.75.